The highest BCUT2D eigenvalue weighted by molar-refractivity contribution is 7.19. The monoisotopic (exact) mass is 582 g/mol. The molecule has 2 aromatic carbocycles. The van der Waals surface area contributed by atoms with Gasteiger partial charge < -0.3 is 19.5 Å². The van der Waals surface area contributed by atoms with E-state index in [4.69, 9.17) is 31.2 Å². The standard InChI is InChI=1S/C28H27ClN4O4S.CH4O/c1-36-22-11-10-18(15-23(22)37-2)16-26(34)32-14-6-9-21(32)27(35)31-28-30-20(24-12-13-25(29)38-24)17-33(28)19-7-4-3-5-8-19;1-2/h3-5,7-8,10-13,15,17,21H,6,9,14,16H2,1-2H3,(H,30,31,35);2H,1H3. The fourth-order valence-corrected chi connectivity index (χ4v) is 5.62. The van der Waals surface area contributed by atoms with Gasteiger partial charge in [0.1, 0.15) is 11.7 Å². The van der Waals surface area contributed by atoms with Crippen molar-refractivity contribution in [3.63, 3.8) is 0 Å². The molecule has 0 aliphatic carbocycles. The molecule has 1 saturated heterocycles. The molecule has 210 valence electrons. The first-order chi connectivity index (χ1) is 19.5. The van der Waals surface area contributed by atoms with Crippen LogP contribution in [0.1, 0.15) is 18.4 Å². The number of nitrogens with one attached hydrogen (secondary N) is 1. The number of halogens is 1. The van der Waals surface area contributed by atoms with E-state index in [-0.39, 0.29) is 18.2 Å². The molecule has 0 radical (unpaired) electrons. The Kier molecular flexibility index (Phi) is 9.81. The molecule has 2 amide bonds. The number of rotatable bonds is 8. The van der Waals surface area contributed by atoms with Crippen molar-refractivity contribution < 1.29 is 24.2 Å². The van der Waals surface area contributed by atoms with Crippen LogP contribution in [-0.4, -0.2) is 65.3 Å². The van der Waals surface area contributed by atoms with E-state index in [1.165, 1.54) is 11.3 Å². The number of methoxy groups -OCH3 is 2. The number of likely N-dealkylation sites (tertiary alicyclic amines) is 1. The third-order valence-electron chi connectivity index (χ3n) is 6.48. The molecule has 1 aliphatic rings. The van der Waals surface area contributed by atoms with Crippen molar-refractivity contribution in [1.29, 1.82) is 0 Å². The number of hydrogen-bond donors (Lipinski definition) is 2. The number of nitrogens with zero attached hydrogens (tertiary/aromatic N) is 3. The number of ether oxygens (including phenoxy) is 2. The molecular formula is C29H31ClN4O5S. The van der Waals surface area contributed by atoms with E-state index in [9.17, 15) is 9.59 Å². The van der Waals surface area contributed by atoms with Crippen LogP contribution < -0.4 is 14.8 Å². The lowest BCUT2D eigenvalue weighted by Crippen LogP contribution is -2.44. The minimum absolute atomic E-state index is 0.116. The van der Waals surface area contributed by atoms with Crippen LogP contribution in [0.25, 0.3) is 16.3 Å². The lowest BCUT2D eigenvalue weighted by molar-refractivity contribution is -0.136. The van der Waals surface area contributed by atoms with Gasteiger partial charge in [-0.15, -0.1) is 11.3 Å². The number of imidazole rings is 1. The highest BCUT2D eigenvalue weighted by Gasteiger charge is 2.34. The Morgan fingerprint density at radius 2 is 1.82 bits per heavy atom. The molecule has 2 N–H and O–H groups in total. The van der Waals surface area contributed by atoms with Crippen molar-refractivity contribution in [3.8, 4) is 27.8 Å². The number of para-hydroxylation sites is 1. The van der Waals surface area contributed by atoms with E-state index in [1.54, 1.807) is 31.3 Å². The first kappa shape index (κ1) is 29.1. The van der Waals surface area contributed by atoms with Crippen molar-refractivity contribution in [2.45, 2.75) is 25.3 Å². The van der Waals surface area contributed by atoms with Crippen LogP contribution in [0.15, 0.2) is 66.9 Å². The second kappa shape index (κ2) is 13.5. The predicted octanol–water partition coefficient (Wildman–Crippen LogP) is 5.05. The molecule has 11 heteroatoms. The van der Waals surface area contributed by atoms with Crippen molar-refractivity contribution in [3.05, 3.63) is 76.8 Å². The molecule has 5 rings (SSSR count). The molecule has 1 atom stereocenters. The lowest BCUT2D eigenvalue weighted by Gasteiger charge is -2.24. The molecule has 0 spiro atoms. The Hall–Kier alpha value is -3.86. The van der Waals surface area contributed by atoms with Crippen LogP contribution in [-0.2, 0) is 16.0 Å². The number of hydrogen-bond acceptors (Lipinski definition) is 7. The zero-order valence-electron chi connectivity index (χ0n) is 22.5. The number of amides is 2. The summed E-state index contributed by atoms with van der Waals surface area (Å²) in [5.41, 5.74) is 2.35. The molecule has 1 unspecified atom stereocenters. The third-order valence-corrected chi connectivity index (χ3v) is 7.73. The molecule has 1 fully saturated rings. The highest BCUT2D eigenvalue weighted by atomic mass is 35.5. The maximum atomic E-state index is 13.5. The quantitative estimate of drug-likeness (QED) is 0.301. The number of carbonyl (C=O) groups is 2. The number of benzene rings is 2. The van der Waals surface area contributed by atoms with Gasteiger partial charge in [0.2, 0.25) is 17.8 Å². The van der Waals surface area contributed by atoms with Crippen molar-refractivity contribution in [1.82, 2.24) is 14.5 Å². The van der Waals surface area contributed by atoms with E-state index < -0.39 is 6.04 Å². The smallest absolute Gasteiger partial charge is 0.249 e. The summed E-state index contributed by atoms with van der Waals surface area (Å²) in [6.45, 7) is 0.524. The van der Waals surface area contributed by atoms with Gasteiger partial charge in [0.05, 0.1) is 29.9 Å². The van der Waals surface area contributed by atoms with Crippen LogP contribution >= 0.6 is 22.9 Å². The Morgan fingerprint density at radius 3 is 2.50 bits per heavy atom. The Bertz CT molecular complexity index is 1460. The molecule has 3 heterocycles. The van der Waals surface area contributed by atoms with E-state index in [1.807, 2.05) is 59.3 Å². The minimum atomic E-state index is -0.580. The number of carbonyl (C=O) groups excluding carboxylic acids is 2. The summed E-state index contributed by atoms with van der Waals surface area (Å²) in [4.78, 5) is 34.0. The SMILES string of the molecule is CO.COc1ccc(CC(=O)N2CCCC2C(=O)Nc2nc(-c3ccc(Cl)s3)cn2-c2ccccc2)cc1OC. The van der Waals surface area contributed by atoms with Crippen molar-refractivity contribution >= 4 is 40.7 Å². The second-order valence-corrected chi connectivity index (χ2v) is 10.6. The van der Waals surface area contributed by atoms with Gasteiger partial charge in [-0.25, -0.2) is 4.98 Å². The van der Waals surface area contributed by atoms with E-state index in [0.29, 0.717) is 40.4 Å². The second-order valence-electron chi connectivity index (χ2n) is 8.86. The molecule has 1 aliphatic heterocycles. The average Bonchev–Trinajstić information content (AvgIpc) is 3.74. The van der Waals surface area contributed by atoms with Gasteiger partial charge in [-0.05, 0) is 54.8 Å². The average molecular weight is 583 g/mol. The lowest BCUT2D eigenvalue weighted by atomic mass is 10.1. The zero-order chi connectivity index (χ0) is 28.6. The van der Waals surface area contributed by atoms with Gasteiger partial charge in [-0.2, -0.15) is 0 Å². The van der Waals surface area contributed by atoms with Gasteiger partial charge >= 0.3 is 0 Å². The molecule has 4 aromatic rings. The first-order valence-electron chi connectivity index (χ1n) is 12.6. The van der Waals surface area contributed by atoms with E-state index >= 15 is 0 Å². The molecule has 40 heavy (non-hydrogen) atoms. The molecular weight excluding hydrogens is 552 g/mol. The summed E-state index contributed by atoms with van der Waals surface area (Å²) >= 11 is 7.56. The van der Waals surface area contributed by atoms with Crippen LogP contribution in [0.5, 0.6) is 11.5 Å². The number of aromatic nitrogens is 2. The molecule has 9 nitrogen and oxygen atoms in total. The number of thiophene rings is 1. The fourth-order valence-electron chi connectivity index (χ4n) is 4.62. The predicted molar refractivity (Wildman–Crippen MR) is 157 cm³/mol. The molecule has 0 saturated carbocycles. The minimum Gasteiger partial charge on any atom is -0.493 e. The highest BCUT2D eigenvalue weighted by Crippen LogP contribution is 2.33. The van der Waals surface area contributed by atoms with Crippen LogP contribution in [0.3, 0.4) is 0 Å². The number of anilines is 1. The Labute approximate surface area is 241 Å². The summed E-state index contributed by atoms with van der Waals surface area (Å²) in [5, 5.41) is 9.98. The van der Waals surface area contributed by atoms with Gasteiger partial charge in [-0.1, -0.05) is 35.9 Å². The van der Waals surface area contributed by atoms with Crippen LogP contribution in [0.2, 0.25) is 4.34 Å². The van der Waals surface area contributed by atoms with Gasteiger partial charge in [0, 0.05) is 25.5 Å². The normalized spacial score (nSPS) is 14.3. The van der Waals surface area contributed by atoms with Gasteiger partial charge in [0.15, 0.2) is 11.5 Å². The maximum absolute atomic E-state index is 13.5. The summed E-state index contributed by atoms with van der Waals surface area (Å²) < 4.78 is 13.1. The number of aliphatic hydroxyl groups excluding tert-OH is 1. The van der Waals surface area contributed by atoms with E-state index in [0.717, 1.165) is 29.7 Å². The summed E-state index contributed by atoms with van der Waals surface area (Å²) in [6.07, 6.45) is 3.37. The third kappa shape index (κ3) is 6.47. The Morgan fingerprint density at radius 1 is 1.07 bits per heavy atom. The van der Waals surface area contributed by atoms with Gasteiger partial charge in [0.25, 0.3) is 0 Å². The zero-order valence-corrected chi connectivity index (χ0v) is 24.0. The largest absolute Gasteiger partial charge is 0.493 e. The molecule has 0 bridgehead atoms. The Balaban J connectivity index is 0.00000181. The molecule has 2 aromatic heterocycles. The first-order valence-corrected chi connectivity index (χ1v) is 13.8. The summed E-state index contributed by atoms with van der Waals surface area (Å²) in [6, 6.07) is 18.2. The topological polar surface area (TPSA) is 106 Å². The maximum Gasteiger partial charge on any atom is 0.249 e. The van der Waals surface area contributed by atoms with E-state index in [2.05, 4.69) is 5.32 Å². The van der Waals surface area contributed by atoms with Crippen molar-refractivity contribution in [2.24, 2.45) is 0 Å². The fraction of sp³-hybridized carbons (Fsp3) is 0.276. The van der Waals surface area contributed by atoms with Crippen LogP contribution in [0.4, 0.5) is 5.95 Å². The van der Waals surface area contributed by atoms with Crippen molar-refractivity contribution in [2.75, 3.05) is 33.2 Å². The van der Waals surface area contributed by atoms with Crippen LogP contribution in [0, 0.1) is 0 Å². The van der Waals surface area contributed by atoms with Gasteiger partial charge in [-0.3, -0.25) is 19.5 Å². The summed E-state index contributed by atoms with van der Waals surface area (Å²) in [5.74, 6) is 1.17. The number of aliphatic hydroxyl groups is 1. The summed E-state index contributed by atoms with van der Waals surface area (Å²) in [7, 11) is 4.12.